The summed E-state index contributed by atoms with van der Waals surface area (Å²) in [5.41, 5.74) is 0.712. The van der Waals surface area contributed by atoms with Crippen molar-refractivity contribution in [3.05, 3.63) is 82.9 Å². The summed E-state index contributed by atoms with van der Waals surface area (Å²) in [5, 5.41) is 0. The second-order valence-corrected chi connectivity index (χ2v) is 9.64. The van der Waals surface area contributed by atoms with Crippen molar-refractivity contribution >= 4 is 35.7 Å². The SMILES string of the molecule is CC(C)(C)OC(=O)/C=C/c1ccc(C(=O)C(=O)c2ccc(/C=C/C(=O)OC(C)(C)C)cc2)cc1. The molecule has 34 heavy (non-hydrogen) atoms. The summed E-state index contributed by atoms with van der Waals surface area (Å²) in [6.45, 7) is 10.7. The number of hydrogen-bond donors (Lipinski definition) is 0. The summed E-state index contributed by atoms with van der Waals surface area (Å²) in [4.78, 5) is 48.7. The largest absolute Gasteiger partial charge is 0.457 e. The van der Waals surface area contributed by atoms with Crippen LogP contribution in [0.15, 0.2) is 60.7 Å². The topological polar surface area (TPSA) is 86.7 Å². The van der Waals surface area contributed by atoms with E-state index < -0.39 is 34.7 Å². The van der Waals surface area contributed by atoms with E-state index in [9.17, 15) is 19.2 Å². The van der Waals surface area contributed by atoms with Crippen molar-refractivity contribution < 1.29 is 28.7 Å². The van der Waals surface area contributed by atoms with E-state index in [0.717, 1.165) is 0 Å². The fourth-order valence-corrected chi connectivity index (χ4v) is 2.75. The third-order valence-corrected chi connectivity index (χ3v) is 4.19. The van der Waals surface area contributed by atoms with Crippen LogP contribution in [-0.4, -0.2) is 34.7 Å². The number of carbonyl (C=O) groups excluding carboxylic acids is 4. The van der Waals surface area contributed by atoms with Crippen LogP contribution in [0, 0.1) is 0 Å². The lowest BCUT2D eigenvalue weighted by molar-refractivity contribution is -0.149. The summed E-state index contributed by atoms with van der Waals surface area (Å²) >= 11 is 0. The minimum atomic E-state index is -0.639. The van der Waals surface area contributed by atoms with E-state index in [1.54, 1.807) is 78.0 Å². The van der Waals surface area contributed by atoms with Gasteiger partial charge in [0.1, 0.15) is 11.2 Å². The lowest BCUT2D eigenvalue weighted by atomic mass is 9.99. The molecule has 0 aliphatic heterocycles. The lowest BCUT2D eigenvalue weighted by Gasteiger charge is -2.17. The third-order valence-electron chi connectivity index (χ3n) is 4.19. The molecule has 0 amide bonds. The van der Waals surface area contributed by atoms with Crippen LogP contribution in [0.25, 0.3) is 12.2 Å². The van der Waals surface area contributed by atoms with E-state index >= 15 is 0 Å². The first-order chi connectivity index (χ1) is 15.7. The van der Waals surface area contributed by atoms with E-state index in [0.29, 0.717) is 11.1 Å². The molecule has 0 aromatic heterocycles. The Labute approximate surface area is 200 Å². The van der Waals surface area contributed by atoms with Gasteiger partial charge in [0.05, 0.1) is 0 Å². The van der Waals surface area contributed by atoms with E-state index in [-0.39, 0.29) is 11.1 Å². The predicted molar refractivity (Wildman–Crippen MR) is 131 cm³/mol. The van der Waals surface area contributed by atoms with Gasteiger partial charge in [-0.15, -0.1) is 0 Å². The molecule has 0 spiro atoms. The van der Waals surface area contributed by atoms with E-state index in [2.05, 4.69) is 0 Å². The van der Waals surface area contributed by atoms with Gasteiger partial charge in [-0.25, -0.2) is 9.59 Å². The van der Waals surface area contributed by atoms with Crippen molar-refractivity contribution in [1.29, 1.82) is 0 Å². The number of hydrogen-bond acceptors (Lipinski definition) is 6. The molecule has 0 heterocycles. The number of benzene rings is 2. The molecule has 178 valence electrons. The highest BCUT2D eigenvalue weighted by Gasteiger charge is 2.18. The zero-order chi connectivity index (χ0) is 25.5. The van der Waals surface area contributed by atoms with Gasteiger partial charge in [-0.05, 0) is 64.8 Å². The molecular weight excluding hydrogens is 432 g/mol. The standard InChI is InChI=1S/C28H30O6/c1-27(2,3)33-23(29)17-11-19-7-13-21(14-8-19)25(31)26(32)22-15-9-20(10-16-22)12-18-24(30)34-28(4,5)6/h7-18H,1-6H3/b17-11+,18-12+. The molecular formula is C28H30O6. The van der Waals surface area contributed by atoms with Gasteiger partial charge in [0.15, 0.2) is 0 Å². The number of rotatable bonds is 7. The van der Waals surface area contributed by atoms with Gasteiger partial charge in [-0.3, -0.25) is 9.59 Å². The maximum atomic E-state index is 12.6. The van der Waals surface area contributed by atoms with Gasteiger partial charge in [-0.1, -0.05) is 48.5 Å². The number of Topliss-reactive ketones (excluding diaryl/α,β-unsaturated/α-hetero) is 2. The second-order valence-electron chi connectivity index (χ2n) is 9.64. The molecule has 0 atom stereocenters. The molecule has 2 rings (SSSR count). The third kappa shape index (κ3) is 8.98. The van der Waals surface area contributed by atoms with Crippen LogP contribution in [0.4, 0.5) is 0 Å². The van der Waals surface area contributed by atoms with Crippen molar-refractivity contribution in [2.45, 2.75) is 52.7 Å². The summed E-state index contributed by atoms with van der Waals surface area (Å²) < 4.78 is 10.4. The molecule has 0 aliphatic rings. The Kier molecular flexibility index (Phi) is 8.46. The monoisotopic (exact) mass is 462 g/mol. The van der Waals surface area contributed by atoms with E-state index in [1.165, 1.54) is 36.4 Å². The summed E-state index contributed by atoms with van der Waals surface area (Å²) in [6.07, 6.45) is 5.78. The zero-order valence-electron chi connectivity index (χ0n) is 20.4. The van der Waals surface area contributed by atoms with Crippen molar-refractivity contribution in [2.75, 3.05) is 0 Å². The molecule has 0 N–H and O–H groups in total. The second kappa shape index (κ2) is 10.9. The summed E-state index contributed by atoms with van der Waals surface area (Å²) in [5.74, 6) is -2.21. The quantitative estimate of drug-likeness (QED) is 0.235. The molecule has 6 heteroatoms. The molecule has 6 nitrogen and oxygen atoms in total. The van der Waals surface area contributed by atoms with Crippen molar-refractivity contribution in [1.82, 2.24) is 0 Å². The minimum Gasteiger partial charge on any atom is -0.457 e. The summed E-state index contributed by atoms with van der Waals surface area (Å²) in [6, 6.07) is 12.7. The smallest absolute Gasteiger partial charge is 0.331 e. The van der Waals surface area contributed by atoms with Crippen molar-refractivity contribution in [3.63, 3.8) is 0 Å². The molecule has 0 fully saturated rings. The Morgan fingerprint density at radius 1 is 0.559 bits per heavy atom. The lowest BCUT2D eigenvalue weighted by Crippen LogP contribution is -2.22. The average molecular weight is 463 g/mol. The number of carbonyl (C=O) groups is 4. The fourth-order valence-electron chi connectivity index (χ4n) is 2.75. The normalized spacial score (nSPS) is 12.1. The Bertz CT molecular complexity index is 1010. The van der Waals surface area contributed by atoms with Gasteiger partial charge in [-0.2, -0.15) is 0 Å². The number of ketones is 2. The average Bonchev–Trinajstić information content (AvgIpc) is 2.73. The van der Waals surface area contributed by atoms with E-state index in [4.69, 9.17) is 9.47 Å². The molecule has 2 aromatic carbocycles. The zero-order valence-corrected chi connectivity index (χ0v) is 20.4. The first kappa shape index (κ1) is 26.5. The van der Waals surface area contributed by atoms with Gasteiger partial charge in [0.25, 0.3) is 0 Å². The predicted octanol–water partition coefficient (Wildman–Crippen LogP) is 5.46. The van der Waals surface area contributed by atoms with Crippen molar-refractivity contribution in [2.24, 2.45) is 0 Å². The van der Waals surface area contributed by atoms with Crippen molar-refractivity contribution in [3.8, 4) is 0 Å². The number of esters is 2. The summed E-state index contributed by atoms with van der Waals surface area (Å²) in [7, 11) is 0. The van der Waals surface area contributed by atoms with E-state index in [1.807, 2.05) is 0 Å². The maximum absolute atomic E-state index is 12.6. The first-order valence-corrected chi connectivity index (χ1v) is 10.8. The Morgan fingerprint density at radius 2 is 0.853 bits per heavy atom. The van der Waals surface area contributed by atoms with Crippen LogP contribution >= 0.6 is 0 Å². The van der Waals surface area contributed by atoms with Gasteiger partial charge >= 0.3 is 11.9 Å². The Hall–Kier alpha value is -3.80. The molecule has 2 aromatic rings. The highest BCUT2D eigenvalue weighted by molar-refractivity contribution is 6.49. The molecule has 0 radical (unpaired) electrons. The van der Waals surface area contributed by atoms with Crippen LogP contribution in [0.5, 0.6) is 0 Å². The highest BCUT2D eigenvalue weighted by atomic mass is 16.6. The molecule has 0 aliphatic carbocycles. The fraction of sp³-hybridized carbons (Fsp3) is 0.286. The van der Waals surface area contributed by atoms with Crippen LogP contribution in [0.3, 0.4) is 0 Å². The maximum Gasteiger partial charge on any atom is 0.331 e. The highest BCUT2D eigenvalue weighted by Crippen LogP contribution is 2.14. The van der Waals surface area contributed by atoms with Gasteiger partial charge in [0, 0.05) is 23.3 Å². The van der Waals surface area contributed by atoms with Crippen LogP contribution in [-0.2, 0) is 19.1 Å². The van der Waals surface area contributed by atoms with Crippen LogP contribution in [0.2, 0.25) is 0 Å². The van der Waals surface area contributed by atoms with Crippen LogP contribution < -0.4 is 0 Å². The molecule has 0 saturated carbocycles. The molecule has 0 saturated heterocycles. The molecule has 0 unspecified atom stereocenters. The number of ether oxygens (including phenoxy) is 2. The van der Waals surface area contributed by atoms with Gasteiger partial charge in [0.2, 0.25) is 11.6 Å². The first-order valence-electron chi connectivity index (χ1n) is 10.8. The molecule has 0 bridgehead atoms. The van der Waals surface area contributed by atoms with Gasteiger partial charge < -0.3 is 9.47 Å². The van der Waals surface area contributed by atoms with Crippen LogP contribution in [0.1, 0.15) is 73.4 Å². The Morgan fingerprint density at radius 3 is 1.12 bits per heavy atom. The Balaban J connectivity index is 2.01. The minimum absolute atomic E-state index is 0.244.